The molecule has 1 amide bonds. The van der Waals surface area contributed by atoms with Crippen LogP contribution in [-0.4, -0.2) is 42.3 Å². The number of rotatable bonds is 3. The minimum absolute atomic E-state index is 0.260. The quantitative estimate of drug-likeness (QED) is 0.855. The van der Waals surface area contributed by atoms with Crippen LogP contribution in [-0.2, 0) is 4.74 Å². The zero-order valence-electron chi connectivity index (χ0n) is 12.6. The van der Waals surface area contributed by atoms with E-state index in [0.29, 0.717) is 0 Å². The number of amides is 1. The zero-order valence-corrected chi connectivity index (χ0v) is 12.6. The lowest BCUT2D eigenvalue weighted by Crippen LogP contribution is -2.40. The average Bonchev–Trinajstić information content (AvgIpc) is 2.88. The Morgan fingerprint density at radius 1 is 1.26 bits per heavy atom. The van der Waals surface area contributed by atoms with Crippen molar-refractivity contribution in [3.63, 3.8) is 0 Å². The van der Waals surface area contributed by atoms with Crippen molar-refractivity contribution in [2.75, 3.05) is 19.6 Å². The summed E-state index contributed by atoms with van der Waals surface area (Å²) >= 11 is 0. The minimum atomic E-state index is -0.410. The molecule has 1 heterocycles. The van der Waals surface area contributed by atoms with Crippen molar-refractivity contribution >= 4 is 6.09 Å². The summed E-state index contributed by atoms with van der Waals surface area (Å²) in [4.78, 5) is 14.2. The van der Waals surface area contributed by atoms with Gasteiger partial charge in [0.2, 0.25) is 0 Å². The first kappa shape index (κ1) is 14.6. The average molecular weight is 268 g/mol. The van der Waals surface area contributed by atoms with E-state index in [1.807, 2.05) is 20.8 Å². The standard InChI is InChI=1S/C15H28N2O2/c1-15(2,3)19-14(18)16-13-8-9-17(11-13)10-12-6-4-5-7-12/h12-13H,4-11H2,1-3H3,(H,16,18). The van der Waals surface area contributed by atoms with Crippen molar-refractivity contribution in [1.29, 1.82) is 0 Å². The van der Waals surface area contributed by atoms with Crippen molar-refractivity contribution in [2.24, 2.45) is 5.92 Å². The Kier molecular flexibility index (Phi) is 4.71. The second kappa shape index (κ2) is 6.12. The highest BCUT2D eigenvalue weighted by molar-refractivity contribution is 5.68. The van der Waals surface area contributed by atoms with Crippen LogP contribution in [0.25, 0.3) is 0 Å². The Labute approximate surface area is 116 Å². The van der Waals surface area contributed by atoms with Crippen LogP contribution in [0.4, 0.5) is 4.79 Å². The molecule has 0 spiro atoms. The number of hydrogen-bond donors (Lipinski definition) is 1. The van der Waals surface area contributed by atoms with Crippen LogP contribution in [0.5, 0.6) is 0 Å². The summed E-state index contributed by atoms with van der Waals surface area (Å²) < 4.78 is 5.30. The van der Waals surface area contributed by atoms with Gasteiger partial charge in [0, 0.05) is 25.7 Å². The van der Waals surface area contributed by atoms with Gasteiger partial charge in [-0.05, 0) is 46.0 Å². The predicted molar refractivity (Wildman–Crippen MR) is 76.2 cm³/mol. The number of carbonyl (C=O) groups excluding carboxylic acids is 1. The molecule has 1 saturated carbocycles. The van der Waals surface area contributed by atoms with Gasteiger partial charge in [0.05, 0.1) is 0 Å². The first-order chi connectivity index (χ1) is 8.92. The van der Waals surface area contributed by atoms with Crippen LogP contribution in [0.3, 0.4) is 0 Å². The largest absolute Gasteiger partial charge is 0.444 e. The van der Waals surface area contributed by atoms with Crippen LogP contribution in [0.1, 0.15) is 52.9 Å². The fraction of sp³-hybridized carbons (Fsp3) is 0.933. The summed E-state index contributed by atoms with van der Waals surface area (Å²) in [6.07, 6.45) is 6.35. The second-order valence-corrected chi connectivity index (χ2v) is 7.04. The number of nitrogens with zero attached hydrogens (tertiary/aromatic N) is 1. The summed E-state index contributed by atoms with van der Waals surface area (Å²) in [5.41, 5.74) is -0.410. The molecule has 0 bridgehead atoms. The van der Waals surface area contributed by atoms with Gasteiger partial charge in [-0.15, -0.1) is 0 Å². The second-order valence-electron chi connectivity index (χ2n) is 7.04. The molecule has 4 nitrogen and oxygen atoms in total. The third-order valence-electron chi connectivity index (χ3n) is 3.98. The molecule has 1 unspecified atom stereocenters. The summed E-state index contributed by atoms with van der Waals surface area (Å²) in [6, 6.07) is 0.260. The maximum absolute atomic E-state index is 11.7. The van der Waals surface area contributed by atoms with Crippen molar-refractivity contribution in [3.05, 3.63) is 0 Å². The Morgan fingerprint density at radius 3 is 2.58 bits per heavy atom. The van der Waals surface area contributed by atoms with Gasteiger partial charge >= 0.3 is 6.09 Å². The molecule has 0 aromatic heterocycles. The number of hydrogen-bond acceptors (Lipinski definition) is 3. The molecule has 2 aliphatic rings. The third kappa shape index (κ3) is 5.01. The monoisotopic (exact) mass is 268 g/mol. The van der Waals surface area contributed by atoms with E-state index in [1.165, 1.54) is 32.2 Å². The summed E-state index contributed by atoms with van der Waals surface area (Å²) in [5.74, 6) is 0.889. The number of likely N-dealkylation sites (tertiary alicyclic amines) is 1. The first-order valence-corrected chi connectivity index (χ1v) is 7.64. The molecule has 2 rings (SSSR count). The topological polar surface area (TPSA) is 41.6 Å². The van der Waals surface area contributed by atoms with Gasteiger partial charge in [-0.1, -0.05) is 12.8 Å². The van der Waals surface area contributed by atoms with Crippen LogP contribution in [0.2, 0.25) is 0 Å². The molecule has 110 valence electrons. The molecule has 1 aliphatic carbocycles. The van der Waals surface area contributed by atoms with Gasteiger partial charge in [-0.2, -0.15) is 0 Å². The van der Waals surface area contributed by atoms with Gasteiger partial charge in [0.15, 0.2) is 0 Å². The molecule has 1 N–H and O–H groups in total. The first-order valence-electron chi connectivity index (χ1n) is 7.64. The van der Waals surface area contributed by atoms with Crippen LogP contribution in [0, 0.1) is 5.92 Å². The lowest BCUT2D eigenvalue weighted by atomic mass is 10.1. The Bertz CT molecular complexity index is 306. The minimum Gasteiger partial charge on any atom is -0.444 e. The molecule has 0 radical (unpaired) electrons. The zero-order chi connectivity index (χ0) is 13.9. The van der Waals surface area contributed by atoms with Crippen molar-refractivity contribution < 1.29 is 9.53 Å². The van der Waals surface area contributed by atoms with Crippen molar-refractivity contribution in [2.45, 2.75) is 64.5 Å². The van der Waals surface area contributed by atoms with E-state index in [-0.39, 0.29) is 12.1 Å². The highest BCUT2D eigenvalue weighted by Crippen LogP contribution is 2.26. The van der Waals surface area contributed by atoms with Gasteiger partial charge in [-0.25, -0.2) is 4.79 Å². The summed E-state index contributed by atoms with van der Waals surface area (Å²) in [7, 11) is 0. The molecule has 0 aromatic carbocycles. The molecule has 19 heavy (non-hydrogen) atoms. The van der Waals surface area contributed by atoms with E-state index in [4.69, 9.17) is 4.74 Å². The van der Waals surface area contributed by atoms with E-state index in [0.717, 1.165) is 25.4 Å². The number of ether oxygens (including phenoxy) is 1. The number of carbonyl (C=O) groups is 1. The highest BCUT2D eigenvalue weighted by Gasteiger charge is 2.28. The Morgan fingerprint density at radius 2 is 1.95 bits per heavy atom. The van der Waals surface area contributed by atoms with E-state index in [9.17, 15) is 4.79 Å². The molecule has 0 aromatic rings. The van der Waals surface area contributed by atoms with Gasteiger partial charge < -0.3 is 15.0 Å². The predicted octanol–water partition coefficient (Wildman–Crippen LogP) is 2.78. The molecular formula is C15H28N2O2. The maximum Gasteiger partial charge on any atom is 0.407 e. The fourth-order valence-electron chi connectivity index (χ4n) is 3.15. The van der Waals surface area contributed by atoms with Crippen molar-refractivity contribution in [1.82, 2.24) is 10.2 Å². The summed E-state index contributed by atoms with van der Waals surface area (Å²) in [5, 5.41) is 2.99. The van der Waals surface area contributed by atoms with Crippen LogP contribution >= 0.6 is 0 Å². The third-order valence-corrected chi connectivity index (χ3v) is 3.98. The van der Waals surface area contributed by atoms with Gasteiger partial charge in [0.1, 0.15) is 5.60 Å². The van der Waals surface area contributed by atoms with Gasteiger partial charge in [0.25, 0.3) is 0 Å². The fourth-order valence-corrected chi connectivity index (χ4v) is 3.15. The Hall–Kier alpha value is -0.770. The highest BCUT2D eigenvalue weighted by atomic mass is 16.6. The molecule has 1 aliphatic heterocycles. The lowest BCUT2D eigenvalue weighted by molar-refractivity contribution is 0.0505. The van der Waals surface area contributed by atoms with E-state index >= 15 is 0 Å². The van der Waals surface area contributed by atoms with E-state index < -0.39 is 5.60 Å². The SMILES string of the molecule is CC(C)(C)OC(=O)NC1CCN(CC2CCCC2)C1. The van der Waals surface area contributed by atoms with E-state index in [1.54, 1.807) is 0 Å². The van der Waals surface area contributed by atoms with Gasteiger partial charge in [-0.3, -0.25) is 0 Å². The number of nitrogens with one attached hydrogen (secondary N) is 1. The normalized spacial score (nSPS) is 25.7. The van der Waals surface area contributed by atoms with Crippen molar-refractivity contribution in [3.8, 4) is 0 Å². The molecular weight excluding hydrogens is 240 g/mol. The van der Waals surface area contributed by atoms with E-state index in [2.05, 4.69) is 10.2 Å². The molecule has 1 saturated heterocycles. The maximum atomic E-state index is 11.7. The lowest BCUT2D eigenvalue weighted by Gasteiger charge is -2.22. The van der Waals surface area contributed by atoms with Crippen LogP contribution < -0.4 is 5.32 Å². The molecule has 2 fully saturated rings. The molecule has 4 heteroatoms. The Balaban J connectivity index is 1.68. The number of alkyl carbamates (subject to hydrolysis) is 1. The molecule has 1 atom stereocenters. The smallest absolute Gasteiger partial charge is 0.407 e. The summed E-state index contributed by atoms with van der Waals surface area (Å²) in [6.45, 7) is 8.99. The van der Waals surface area contributed by atoms with Crippen LogP contribution in [0.15, 0.2) is 0 Å².